The third kappa shape index (κ3) is 4.11. The predicted octanol–water partition coefficient (Wildman–Crippen LogP) is 4.37. The van der Waals surface area contributed by atoms with Crippen molar-refractivity contribution in [2.75, 3.05) is 26.0 Å². The van der Waals surface area contributed by atoms with Crippen molar-refractivity contribution in [1.29, 1.82) is 0 Å². The van der Waals surface area contributed by atoms with Gasteiger partial charge in [0.25, 0.3) is 5.91 Å². The molecule has 33 heavy (non-hydrogen) atoms. The molecule has 8 heteroatoms. The minimum Gasteiger partial charge on any atom is -0.354 e. The minimum absolute atomic E-state index is 0.244. The maximum absolute atomic E-state index is 13.3. The fraction of sp³-hybridized carbons (Fsp3) is 0.240. The Balaban J connectivity index is 1.78. The number of fused-ring (bicyclic) bond motifs is 3. The van der Waals surface area contributed by atoms with E-state index >= 15 is 0 Å². The van der Waals surface area contributed by atoms with Crippen molar-refractivity contribution in [2.45, 2.75) is 19.3 Å². The Labute approximate surface area is 190 Å². The average molecular weight is 448 g/mol. The van der Waals surface area contributed by atoms with Crippen molar-refractivity contribution in [2.24, 2.45) is 0 Å². The molecule has 0 bridgehead atoms. The number of H-pyrrole nitrogens is 1. The largest absolute Gasteiger partial charge is 0.354 e. The van der Waals surface area contributed by atoms with Crippen LogP contribution in [0.5, 0.6) is 0 Å². The number of aromatic nitrogens is 1. The molecule has 0 saturated heterocycles. The molecule has 0 radical (unpaired) electrons. The predicted molar refractivity (Wildman–Crippen MR) is 126 cm³/mol. The van der Waals surface area contributed by atoms with Crippen molar-refractivity contribution in [3.63, 3.8) is 0 Å². The van der Waals surface area contributed by atoms with Crippen LogP contribution >= 0.6 is 0 Å². The molecular weight excluding hydrogens is 423 g/mol. The van der Waals surface area contributed by atoms with E-state index in [4.69, 9.17) is 0 Å². The first-order chi connectivity index (χ1) is 15.6. The number of hydrogen-bond acceptors (Lipinski definition) is 3. The number of rotatable bonds is 3. The van der Waals surface area contributed by atoms with E-state index in [0.29, 0.717) is 29.1 Å². The van der Waals surface area contributed by atoms with Crippen LogP contribution < -0.4 is 5.32 Å². The molecule has 170 valence electrons. The minimum atomic E-state index is -0.515. The zero-order chi connectivity index (χ0) is 23.9. The second-order valence-electron chi connectivity index (χ2n) is 8.99. The number of urea groups is 1. The molecule has 2 N–H and O–H groups in total. The highest BCUT2D eigenvalue weighted by atomic mass is 19.1. The summed E-state index contributed by atoms with van der Waals surface area (Å²) in [6, 6.07) is 10.6. The Morgan fingerprint density at radius 1 is 1.15 bits per heavy atom. The van der Waals surface area contributed by atoms with Gasteiger partial charge in [0, 0.05) is 54.4 Å². The topological polar surface area (TPSA) is 85.5 Å². The van der Waals surface area contributed by atoms with Crippen LogP contribution in [0.3, 0.4) is 0 Å². The molecule has 1 aromatic heterocycles. The van der Waals surface area contributed by atoms with Crippen LogP contribution in [0.25, 0.3) is 16.5 Å². The summed E-state index contributed by atoms with van der Waals surface area (Å²) in [4.78, 5) is 43.5. The number of amides is 3. The number of anilines is 1. The van der Waals surface area contributed by atoms with Gasteiger partial charge in [0.05, 0.1) is 11.3 Å². The maximum atomic E-state index is 13.3. The highest BCUT2D eigenvalue weighted by molar-refractivity contribution is 6.11. The first kappa shape index (κ1) is 22.3. The third-order valence-electron chi connectivity index (χ3n) is 5.76. The molecule has 7 nitrogen and oxygen atoms in total. The summed E-state index contributed by atoms with van der Waals surface area (Å²) in [5.74, 6) is -0.736. The molecule has 0 saturated carbocycles. The Morgan fingerprint density at radius 2 is 1.85 bits per heavy atom. The van der Waals surface area contributed by atoms with Gasteiger partial charge in [-0.15, -0.1) is 0 Å². The lowest BCUT2D eigenvalue weighted by atomic mass is 9.82. The second-order valence-corrected chi connectivity index (χ2v) is 8.99. The smallest absolute Gasteiger partial charge is 0.321 e. The number of nitrogens with zero attached hydrogens (tertiary/aromatic N) is 2. The molecule has 1 aliphatic rings. The molecule has 3 amide bonds. The van der Waals surface area contributed by atoms with Gasteiger partial charge in [0.2, 0.25) is 0 Å². The van der Waals surface area contributed by atoms with Gasteiger partial charge in [-0.2, -0.15) is 0 Å². The lowest BCUT2D eigenvalue weighted by Gasteiger charge is -2.29. The fourth-order valence-electron chi connectivity index (χ4n) is 4.19. The number of carbonyl (C=O) groups excluding carboxylic acids is 3. The molecule has 0 unspecified atom stereocenters. The van der Waals surface area contributed by atoms with E-state index in [1.54, 1.807) is 14.1 Å². The lowest BCUT2D eigenvalue weighted by molar-refractivity contribution is -0.103. The van der Waals surface area contributed by atoms with Gasteiger partial charge in [0.1, 0.15) is 5.82 Å². The molecule has 4 rings (SSSR count). The van der Waals surface area contributed by atoms with E-state index < -0.39 is 11.2 Å². The summed E-state index contributed by atoms with van der Waals surface area (Å²) in [6.07, 6.45) is 2.26. The van der Waals surface area contributed by atoms with Gasteiger partial charge in [-0.25, -0.2) is 9.18 Å². The quantitative estimate of drug-likeness (QED) is 0.584. The van der Waals surface area contributed by atoms with Crippen LogP contribution in [0.15, 0.2) is 48.7 Å². The van der Waals surface area contributed by atoms with Crippen LogP contribution in [-0.2, 0) is 10.2 Å². The second kappa shape index (κ2) is 8.20. The zero-order valence-corrected chi connectivity index (χ0v) is 18.9. The van der Waals surface area contributed by atoms with E-state index in [0.717, 1.165) is 22.8 Å². The van der Waals surface area contributed by atoms with Gasteiger partial charge in [-0.3, -0.25) is 9.59 Å². The molecule has 0 atom stereocenters. The van der Waals surface area contributed by atoms with E-state index in [2.05, 4.69) is 10.3 Å². The average Bonchev–Trinajstić information content (AvgIpc) is 3.11. The zero-order valence-electron chi connectivity index (χ0n) is 18.9. The van der Waals surface area contributed by atoms with Crippen molar-refractivity contribution in [3.8, 4) is 0 Å². The summed E-state index contributed by atoms with van der Waals surface area (Å²) in [5.41, 5.74) is 3.10. The summed E-state index contributed by atoms with van der Waals surface area (Å²) in [7, 11) is 3.32. The number of benzene rings is 2. The molecular formula is C25H25FN4O3. The summed E-state index contributed by atoms with van der Waals surface area (Å²) < 4.78 is 13.3. The van der Waals surface area contributed by atoms with E-state index in [1.165, 1.54) is 40.3 Å². The fourth-order valence-corrected chi connectivity index (χ4v) is 4.19. The van der Waals surface area contributed by atoms with Crippen molar-refractivity contribution >= 4 is 40.4 Å². The maximum Gasteiger partial charge on any atom is 0.321 e. The first-order valence-electron chi connectivity index (χ1n) is 10.5. The number of halogens is 1. The first-order valence-corrected chi connectivity index (χ1v) is 10.5. The molecule has 3 aromatic rings. The van der Waals surface area contributed by atoms with Gasteiger partial charge in [-0.05, 0) is 42.0 Å². The van der Waals surface area contributed by atoms with E-state index in [-0.39, 0.29) is 11.9 Å². The lowest BCUT2D eigenvalue weighted by Crippen LogP contribution is -2.36. The van der Waals surface area contributed by atoms with Crippen LogP contribution in [0.2, 0.25) is 0 Å². The number of hydrogen-bond donors (Lipinski definition) is 2. The molecule has 0 aliphatic carbocycles. The standard InChI is InChI=1S/C25H25FN4O3/c1-25(2)14-30(23(32)15-5-7-17(26)8-6-15)12-16(13-31)22-21(25)19-10-9-18(11-20(19)28-22)27-24(33)29(3)4/h5-13,28H,14H2,1-4H3,(H,27,33). The number of allylic oxidation sites excluding steroid dienone is 1. The molecule has 2 heterocycles. The van der Waals surface area contributed by atoms with Crippen molar-refractivity contribution in [1.82, 2.24) is 14.8 Å². The van der Waals surface area contributed by atoms with Crippen LogP contribution in [0, 0.1) is 5.82 Å². The normalized spacial score (nSPS) is 14.8. The van der Waals surface area contributed by atoms with Crippen LogP contribution in [0.1, 0.15) is 35.5 Å². The van der Waals surface area contributed by atoms with Gasteiger partial charge in [0.15, 0.2) is 6.29 Å². The van der Waals surface area contributed by atoms with Gasteiger partial charge >= 0.3 is 6.03 Å². The Bertz CT molecular complexity index is 1290. The summed E-state index contributed by atoms with van der Waals surface area (Å²) >= 11 is 0. The summed E-state index contributed by atoms with van der Waals surface area (Å²) in [6.45, 7) is 4.33. The van der Waals surface area contributed by atoms with Crippen molar-refractivity contribution in [3.05, 3.63) is 71.3 Å². The number of carbonyl (C=O) groups is 3. The Morgan fingerprint density at radius 3 is 2.48 bits per heavy atom. The van der Waals surface area contributed by atoms with Crippen molar-refractivity contribution < 1.29 is 18.8 Å². The Hall–Kier alpha value is -3.94. The molecule has 0 fully saturated rings. The van der Waals surface area contributed by atoms with E-state index in [1.807, 2.05) is 32.0 Å². The van der Waals surface area contributed by atoms with Gasteiger partial charge in [-0.1, -0.05) is 19.9 Å². The molecule has 0 spiro atoms. The van der Waals surface area contributed by atoms with Gasteiger partial charge < -0.3 is 20.1 Å². The monoisotopic (exact) mass is 448 g/mol. The molecule has 2 aromatic carbocycles. The SMILES string of the molecule is CN(C)C(=O)Nc1ccc2c3c([nH]c2c1)C(C=O)=CN(C(=O)c1ccc(F)cc1)CC3(C)C. The highest BCUT2D eigenvalue weighted by Gasteiger charge is 2.35. The number of nitrogens with one attached hydrogen (secondary N) is 2. The highest BCUT2D eigenvalue weighted by Crippen LogP contribution is 2.40. The molecule has 1 aliphatic heterocycles. The Kier molecular flexibility index (Phi) is 5.53. The van der Waals surface area contributed by atoms with E-state index in [9.17, 15) is 18.8 Å². The number of aromatic amines is 1. The number of aldehydes is 1. The third-order valence-corrected chi connectivity index (χ3v) is 5.76. The van der Waals surface area contributed by atoms with Crippen LogP contribution in [0.4, 0.5) is 14.9 Å². The van der Waals surface area contributed by atoms with Crippen LogP contribution in [-0.4, -0.2) is 53.6 Å². The summed E-state index contributed by atoms with van der Waals surface area (Å²) in [5, 5.41) is 3.72.